The summed E-state index contributed by atoms with van der Waals surface area (Å²) in [5.74, 6) is 0.121. The Labute approximate surface area is 188 Å². The number of fused-ring (bicyclic) bond motifs is 1. The van der Waals surface area contributed by atoms with Gasteiger partial charge in [0.05, 0.1) is 34.3 Å². The SMILES string of the molecule is Cc1cccc(COc2nc3c(-c4ccncn4)c(-c4cccc(C#N)c4)nc(N)n3n2)n1. The Bertz CT molecular complexity index is 1510. The lowest BCUT2D eigenvalue weighted by Crippen LogP contribution is -2.06. The van der Waals surface area contributed by atoms with Crippen molar-refractivity contribution in [1.29, 1.82) is 5.26 Å². The monoisotopic (exact) mass is 435 g/mol. The second-order valence-electron chi connectivity index (χ2n) is 7.17. The van der Waals surface area contributed by atoms with E-state index in [1.807, 2.05) is 31.2 Å². The quantitative estimate of drug-likeness (QED) is 0.441. The van der Waals surface area contributed by atoms with Gasteiger partial charge in [-0.2, -0.15) is 14.8 Å². The van der Waals surface area contributed by atoms with E-state index in [2.05, 4.69) is 36.1 Å². The zero-order valence-electron chi connectivity index (χ0n) is 17.5. The molecule has 10 nitrogen and oxygen atoms in total. The summed E-state index contributed by atoms with van der Waals surface area (Å²) in [7, 11) is 0. The number of ether oxygens (including phenoxy) is 1. The standard InChI is InChI=1S/C23H17N9O/c1-14-4-2-7-17(28-14)12-33-23-30-21-19(18-8-9-26-13-27-18)20(29-22(25)32(21)31-23)16-6-3-5-15(10-16)11-24/h2-10,13H,12H2,1H3,(H2,25,29). The highest BCUT2D eigenvalue weighted by Gasteiger charge is 2.21. The average molecular weight is 435 g/mol. The number of rotatable bonds is 5. The largest absolute Gasteiger partial charge is 0.456 e. The number of pyridine rings is 1. The fraction of sp³-hybridized carbons (Fsp3) is 0.0870. The Balaban J connectivity index is 1.65. The van der Waals surface area contributed by atoms with Crippen molar-refractivity contribution >= 4 is 11.6 Å². The van der Waals surface area contributed by atoms with E-state index >= 15 is 0 Å². The number of nitrogen functional groups attached to an aromatic ring is 1. The molecule has 0 saturated heterocycles. The molecule has 0 aliphatic carbocycles. The van der Waals surface area contributed by atoms with Crippen LogP contribution >= 0.6 is 0 Å². The second kappa shape index (κ2) is 8.32. The minimum absolute atomic E-state index is 0.121. The molecule has 4 heterocycles. The molecule has 0 spiro atoms. The van der Waals surface area contributed by atoms with Gasteiger partial charge < -0.3 is 10.5 Å². The van der Waals surface area contributed by atoms with Gasteiger partial charge in [0.15, 0.2) is 5.65 Å². The van der Waals surface area contributed by atoms with Crippen LogP contribution in [0.1, 0.15) is 17.0 Å². The number of nitriles is 1. The van der Waals surface area contributed by atoms with Crippen LogP contribution in [-0.4, -0.2) is 34.5 Å². The fourth-order valence-electron chi connectivity index (χ4n) is 3.44. The van der Waals surface area contributed by atoms with Gasteiger partial charge in [0.25, 0.3) is 0 Å². The van der Waals surface area contributed by atoms with Crippen molar-refractivity contribution in [3.8, 4) is 34.6 Å². The summed E-state index contributed by atoms with van der Waals surface area (Å²) in [5.41, 5.74) is 11.2. The summed E-state index contributed by atoms with van der Waals surface area (Å²) in [5, 5.41) is 13.7. The van der Waals surface area contributed by atoms with E-state index < -0.39 is 0 Å². The third-order valence-corrected chi connectivity index (χ3v) is 4.89. The van der Waals surface area contributed by atoms with Crippen LogP contribution in [0.3, 0.4) is 0 Å². The van der Waals surface area contributed by atoms with E-state index in [1.165, 1.54) is 10.8 Å². The first-order valence-corrected chi connectivity index (χ1v) is 10.0. The zero-order valence-corrected chi connectivity index (χ0v) is 17.5. The van der Waals surface area contributed by atoms with E-state index in [0.717, 1.165) is 11.4 Å². The topological polar surface area (TPSA) is 141 Å². The molecule has 0 aliphatic rings. The summed E-state index contributed by atoms with van der Waals surface area (Å²) in [6, 6.07) is 16.8. The third-order valence-electron chi connectivity index (χ3n) is 4.89. The smallest absolute Gasteiger partial charge is 0.336 e. The molecular weight excluding hydrogens is 418 g/mol. The van der Waals surface area contributed by atoms with Crippen LogP contribution in [0.5, 0.6) is 6.01 Å². The zero-order chi connectivity index (χ0) is 22.8. The summed E-state index contributed by atoms with van der Waals surface area (Å²) in [6.45, 7) is 2.11. The molecule has 160 valence electrons. The summed E-state index contributed by atoms with van der Waals surface area (Å²) in [6.07, 6.45) is 3.07. The van der Waals surface area contributed by atoms with Crippen LogP contribution < -0.4 is 10.5 Å². The molecule has 5 aromatic rings. The number of hydrogen-bond acceptors (Lipinski definition) is 9. The van der Waals surface area contributed by atoms with Gasteiger partial charge in [-0.25, -0.2) is 15.0 Å². The van der Waals surface area contributed by atoms with Crippen molar-refractivity contribution in [3.05, 3.63) is 78.0 Å². The van der Waals surface area contributed by atoms with Gasteiger partial charge in [-0.05, 0) is 37.3 Å². The molecule has 5 rings (SSSR count). The molecule has 0 radical (unpaired) electrons. The van der Waals surface area contributed by atoms with Crippen LogP contribution in [-0.2, 0) is 6.61 Å². The molecule has 1 aromatic carbocycles. The predicted molar refractivity (Wildman–Crippen MR) is 120 cm³/mol. The number of nitrogens with zero attached hydrogens (tertiary/aromatic N) is 8. The van der Waals surface area contributed by atoms with E-state index in [4.69, 9.17) is 10.5 Å². The van der Waals surface area contributed by atoms with E-state index in [9.17, 15) is 5.26 Å². The highest BCUT2D eigenvalue weighted by Crippen LogP contribution is 2.34. The normalized spacial score (nSPS) is 10.8. The maximum atomic E-state index is 9.33. The Kier molecular flexibility index (Phi) is 5.04. The molecule has 0 atom stereocenters. The Morgan fingerprint density at radius 1 is 1.09 bits per heavy atom. The second-order valence-corrected chi connectivity index (χ2v) is 7.17. The maximum absolute atomic E-state index is 9.33. The molecule has 10 heteroatoms. The molecular formula is C23H17N9O. The maximum Gasteiger partial charge on any atom is 0.336 e. The van der Waals surface area contributed by atoms with Gasteiger partial charge in [-0.15, -0.1) is 5.10 Å². The first-order valence-electron chi connectivity index (χ1n) is 10.0. The third kappa shape index (κ3) is 3.90. The van der Waals surface area contributed by atoms with Crippen molar-refractivity contribution in [3.63, 3.8) is 0 Å². The molecule has 0 unspecified atom stereocenters. The van der Waals surface area contributed by atoms with Crippen LogP contribution in [0, 0.1) is 18.3 Å². The molecule has 0 amide bonds. The van der Waals surface area contributed by atoms with Crippen LogP contribution in [0.25, 0.3) is 28.2 Å². The summed E-state index contributed by atoms with van der Waals surface area (Å²) < 4.78 is 7.21. The van der Waals surface area contributed by atoms with Gasteiger partial charge in [-0.1, -0.05) is 18.2 Å². The van der Waals surface area contributed by atoms with Crippen molar-refractivity contribution in [1.82, 2.24) is 34.5 Å². The number of nitrogens with two attached hydrogens (primary N) is 1. The van der Waals surface area contributed by atoms with Crippen molar-refractivity contribution in [2.45, 2.75) is 13.5 Å². The van der Waals surface area contributed by atoms with Crippen LogP contribution in [0.15, 0.2) is 61.1 Å². The molecule has 0 aliphatic heterocycles. The van der Waals surface area contributed by atoms with Crippen LogP contribution in [0.4, 0.5) is 5.95 Å². The lowest BCUT2D eigenvalue weighted by molar-refractivity contribution is 0.277. The lowest BCUT2D eigenvalue weighted by atomic mass is 10.0. The number of aryl methyl sites for hydroxylation is 1. The van der Waals surface area contributed by atoms with Crippen LogP contribution in [0.2, 0.25) is 0 Å². The van der Waals surface area contributed by atoms with E-state index in [-0.39, 0.29) is 18.6 Å². The Hall–Kier alpha value is -4.91. The molecule has 33 heavy (non-hydrogen) atoms. The Morgan fingerprint density at radius 3 is 2.76 bits per heavy atom. The number of aromatic nitrogens is 7. The van der Waals surface area contributed by atoms with Crippen molar-refractivity contribution < 1.29 is 4.74 Å². The summed E-state index contributed by atoms with van der Waals surface area (Å²) >= 11 is 0. The Morgan fingerprint density at radius 2 is 1.97 bits per heavy atom. The minimum Gasteiger partial charge on any atom is -0.456 e. The van der Waals surface area contributed by atoms with Gasteiger partial charge in [-0.3, -0.25) is 4.98 Å². The molecule has 2 N–H and O–H groups in total. The number of anilines is 1. The fourth-order valence-corrected chi connectivity index (χ4v) is 3.44. The predicted octanol–water partition coefficient (Wildman–Crippen LogP) is 2.98. The van der Waals surface area contributed by atoms with Gasteiger partial charge in [0, 0.05) is 17.5 Å². The number of benzene rings is 1. The van der Waals surface area contributed by atoms with E-state index in [0.29, 0.717) is 33.7 Å². The minimum atomic E-state index is 0.121. The first-order chi connectivity index (χ1) is 16.1. The molecule has 0 saturated carbocycles. The van der Waals surface area contributed by atoms with Gasteiger partial charge in [0.2, 0.25) is 5.95 Å². The van der Waals surface area contributed by atoms with E-state index in [1.54, 1.807) is 30.5 Å². The van der Waals surface area contributed by atoms with Crippen molar-refractivity contribution in [2.24, 2.45) is 0 Å². The lowest BCUT2D eigenvalue weighted by Gasteiger charge is -2.11. The van der Waals surface area contributed by atoms with Gasteiger partial charge >= 0.3 is 6.01 Å². The first kappa shape index (κ1) is 20.0. The average Bonchev–Trinajstić information content (AvgIpc) is 3.28. The van der Waals surface area contributed by atoms with Gasteiger partial charge in [0.1, 0.15) is 12.9 Å². The molecule has 4 aromatic heterocycles. The highest BCUT2D eigenvalue weighted by atomic mass is 16.5. The summed E-state index contributed by atoms with van der Waals surface area (Å²) in [4.78, 5) is 21.9. The highest BCUT2D eigenvalue weighted by molar-refractivity contribution is 5.89. The van der Waals surface area contributed by atoms with Crippen molar-refractivity contribution in [2.75, 3.05) is 5.73 Å². The number of hydrogen-bond donors (Lipinski definition) is 1. The molecule has 0 bridgehead atoms. The molecule has 0 fully saturated rings.